The van der Waals surface area contributed by atoms with E-state index in [0.29, 0.717) is 25.3 Å². The van der Waals surface area contributed by atoms with Crippen molar-refractivity contribution in [3.8, 4) is 22.1 Å². The summed E-state index contributed by atoms with van der Waals surface area (Å²) in [5.74, 6) is 0.624. The zero-order valence-electron chi connectivity index (χ0n) is 17.5. The molecule has 162 valence electrons. The van der Waals surface area contributed by atoms with Crippen LogP contribution in [0.3, 0.4) is 0 Å². The Bertz CT molecular complexity index is 1050. The molecule has 1 amide bonds. The maximum Gasteiger partial charge on any atom is 0.273 e. The summed E-state index contributed by atoms with van der Waals surface area (Å²) in [6, 6.07) is 12.7. The highest BCUT2D eigenvalue weighted by Gasteiger charge is 2.24. The molecule has 1 fully saturated rings. The van der Waals surface area contributed by atoms with Crippen LogP contribution in [-0.4, -0.2) is 61.1 Å². The van der Waals surface area contributed by atoms with Crippen molar-refractivity contribution in [1.82, 2.24) is 14.8 Å². The summed E-state index contributed by atoms with van der Waals surface area (Å²) in [7, 11) is 3.08. The molecule has 0 aliphatic carbocycles. The number of nitrogens with zero attached hydrogens (tertiary/aromatic N) is 3. The van der Waals surface area contributed by atoms with Gasteiger partial charge in [0.2, 0.25) is 0 Å². The van der Waals surface area contributed by atoms with E-state index in [9.17, 15) is 9.18 Å². The first kappa shape index (κ1) is 21.3. The number of piperazine rings is 1. The lowest BCUT2D eigenvalue weighted by molar-refractivity contribution is 0.0623. The maximum atomic E-state index is 13.9. The van der Waals surface area contributed by atoms with Gasteiger partial charge in [-0.25, -0.2) is 9.37 Å². The van der Waals surface area contributed by atoms with Crippen molar-refractivity contribution in [1.29, 1.82) is 0 Å². The van der Waals surface area contributed by atoms with Crippen LogP contribution in [0.15, 0.2) is 47.8 Å². The van der Waals surface area contributed by atoms with Crippen LogP contribution < -0.4 is 9.47 Å². The van der Waals surface area contributed by atoms with Crippen LogP contribution in [-0.2, 0) is 6.54 Å². The molecule has 31 heavy (non-hydrogen) atoms. The van der Waals surface area contributed by atoms with Crippen LogP contribution in [0.25, 0.3) is 10.6 Å². The van der Waals surface area contributed by atoms with Gasteiger partial charge in [0.15, 0.2) is 11.6 Å². The van der Waals surface area contributed by atoms with Crippen LogP contribution in [0.1, 0.15) is 16.1 Å². The zero-order valence-corrected chi connectivity index (χ0v) is 18.3. The first-order valence-electron chi connectivity index (χ1n) is 10.0. The molecule has 0 unspecified atom stereocenters. The number of methoxy groups -OCH3 is 2. The second kappa shape index (κ2) is 9.45. The number of rotatable bonds is 6. The Labute approximate surface area is 184 Å². The fourth-order valence-corrected chi connectivity index (χ4v) is 4.38. The highest BCUT2D eigenvalue weighted by molar-refractivity contribution is 7.13. The van der Waals surface area contributed by atoms with Gasteiger partial charge in [0.1, 0.15) is 16.5 Å². The average molecular weight is 442 g/mol. The molecular weight excluding hydrogens is 417 g/mol. The third-order valence-electron chi connectivity index (χ3n) is 5.34. The normalized spacial score (nSPS) is 14.5. The van der Waals surface area contributed by atoms with E-state index in [0.717, 1.165) is 35.0 Å². The van der Waals surface area contributed by atoms with Gasteiger partial charge in [-0.3, -0.25) is 9.69 Å². The molecule has 6 nitrogen and oxygen atoms in total. The molecule has 4 rings (SSSR count). The third kappa shape index (κ3) is 4.86. The van der Waals surface area contributed by atoms with Gasteiger partial charge in [-0.15, -0.1) is 11.3 Å². The quantitative estimate of drug-likeness (QED) is 0.580. The van der Waals surface area contributed by atoms with Crippen LogP contribution in [0.2, 0.25) is 0 Å². The lowest BCUT2D eigenvalue weighted by Crippen LogP contribution is -2.48. The van der Waals surface area contributed by atoms with Gasteiger partial charge in [-0.2, -0.15) is 0 Å². The van der Waals surface area contributed by atoms with Crippen molar-refractivity contribution in [2.45, 2.75) is 6.54 Å². The summed E-state index contributed by atoms with van der Waals surface area (Å²) >= 11 is 1.46. The van der Waals surface area contributed by atoms with Gasteiger partial charge in [0.25, 0.3) is 5.91 Å². The molecule has 2 heterocycles. The summed E-state index contributed by atoms with van der Waals surface area (Å²) in [4.78, 5) is 21.5. The number of carbonyl (C=O) groups is 1. The fourth-order valence-electron chi connectivity index (χ4n) is 3.58. The summed E-state index contributed by atoms with van der Waals surface area (Å²) < 4.78 is 24.1. The molecule has 1 aliphatic rings. The van der Waals surface area contributed by atoms with Gasteiger partial charge in [0, 0.05) is 43.7 Å². The minimum atomic E-state index is -0.356. The number of hydrogen-bond acceptors (Lipinski definition) is 6. The van der Waals surface area contributed by atoms with Crippen molar-refractivity contribution < 1.29 is 18.7 Å². The third-order valence-corrected chi connectivity index (χ3v) is 6.23. The molecule has 0 bridgehead atoms. The molecule has 3 aromatic rings. The van der Waals surface area contributed by atoms with E-state index >= 15 is 0 Å². The lowest BCUT2D eigenvalue weighted by Gasteiger charge is -2.34. The van der Waals surface area contributed by atoms with E-state index < -0.39 is 0 Å². The number of halogens is 1. The van der Waals surface area contributed by atoms with E-state index in [2.05, 4.69) is 9.88 Å². The van der Waals surface area contributed by atoms with Crippen LogP contribution in [0.4, 0.5) is 4.39 Å². The van der Waals surface area contributed by atoms with Crippen LogP contribution >= 0.6 is 11.3 Å². The van der Waals surface area contributed by atoms with Crippen molar-refractivity contribution in [3.05, 3.63) is 64.9 Å². The zero-order chi connectivity index (χ0) is 21.8. The summed E-state index contributed by atoms with van der Waals surface area (Å²) in [5.41, 5.74) is 2.32. The van der Waals surface area contributed by atoms with Gasteiger partial charge < -0.3 is 14.4 Å². The molecule has 0 saturated carbocycles. The van der Waals surface area contributed by atoms with Gasteiger partial charge in [-0.1, -0.05) is 6.07 Å². The van der Waals surface area contributed by atoms with E-state index in [1.807, 2.05) is 40.6 Å². The topological polar surface area (TPSA) is 54.9 Å². The maximum absolute atomic E-state index is 13.9. The number of carbonyl (C=O) groups excluding carboxylic acids is 1. The fraction of sp³-hybridized carbons (Fsp3) is 0.304. The predicted molar refractivity (Wildman–Crippen MR) is 118 cm³/mol. The number of thiazole rings is 1. The minimum Gasteiger partial charge on any atom is -0.497 e. The largest absolute Gasteiger partial charge is 0.497 e. The number of aromatic nitrogens is 1. The molecule has 1 saturated heterocycles. The van der Waals surface area contributed by atoms with Crippen molar-refractivity contribution in [2.75, 3.05) is 40.4 Å². The Morgan fingerprint density at radius 3 is 2.45 bits per heavy atom. The number of amides is 1. The van der Waals surface area contributed by atoms with Crippen LogP contribution in [0, 0.1) is 5.82 Å². The summed E-state index contributed by atoms with van der Waals surface area (Å²) in [6.07, 6.45) is 0. The van der Waals surface area contributed by atoms with Gasteiger partial charge >= 0.3 is 0 Å². The Kier molecular flexibility index (Phi) is 6.48. The first-order valence-corrected chi connectivity index (χ1v) is 10.9. The molecule has 1 aromatic heterocycles. The van der Waals surface area contributed by atoms with E-state index in [1.165, 1.54) is 24.5 Å². The smallest absolute Gasteiger partial charge is 0.273 e. The average Bonchev–Trinajstić information content (AvgIpc) is 3.30. The molecule has 1 aliphatic heterocycles. The molecule has 0 spiro atoms. The highest BCUT2D eigenvalue weighted by atomic mass is 32.1. The number of hydrogen-bond donors (Lipinski definition) is 0. The molecule has 8 heteroatoms. The Morgan fingerprint density at radius 1 is 1.06 bits per heavy atom. The second-order valence-corrected chi connectivity index (χ2v) is 8.16. The second-order valence-electron chi connectivity index (χ2n) is 7.30. The lowest BCUT2D eigenvalue weighted by atomic mass is 10.1. The SMILES string of the molecule is COc1ccc(-c2nc(C(=O)N3CCN(Cc4ccc(OC)c(F)c4)CC3)cs2)cc1. The minimum absolute atomic E-state index is 0.0499. The highest BCUT2D eigenvalue weighted by Crippen LogP contribution is 2.26. The number of benzene rings is 2. The van der Waals surface area contributed by atoms with Crippen LogP contribution in [0.5, 0.6) is 11.5 Å². The van der Waals surface area contributed by atoms with Gasteiger partial charge in [-0.05, 0) is 42.0 Å². The monoisotopic (exact) mass is 441 g/mol. The molecule has 2 aromatic carbocycles. The van der Waals surface area contributed by atoms with E-state index in [-0.39, 0.29) is 17.5 Å². The molecule has 0 radical (unpaired) electrons. The first-order chi connectivity index (χ1) is 15.1. The van der Waals surface area contributed by atoms with Gasteiger partial charge in [0.05, 0.1) is 14.2 Å². The summed E-state index contributed by atoms with van der Waals surface area (Å²) in [5, 5.41) is 2.63. The summed E-state index contributed by atoms with van der Waals surface area (Å²) in [6.45, 7) is 3.34. The van der Waals surface area contributed by atoms with Crippen molar-refractivity contribution >= 4 is 17.2 Å². The molecular formula is C23H24FN3O3S. The van der Waals surface area contributed by atoms with E-state index in [4.69, 9.17) is 9.47 Å². The molecule has 0 N–H and O–H groups in total. The van der Waals surface area contributed by atoms with E-state index in [1.54, 1.807) is 13.2 Å². The number of ether oxygens (including phenoxy) is 2. The van der Waals surface area contributed by atoms with Crippen molar-refractivity contribution in [3.63, 3.8) is 0 Å². The Hall–Kier alpha value is -2.97. The Morgan fingerprint density at radius 2 is 1.81 bits per heavy atom. The Balaban J connectivity index is 1.34. The molecule has 0 atom stereocenters. The van der Waals surface area contributed by atoms with Crippen molar-refractivity contribution in [2.24, 2.45) is 0 Å². The standard InChI is InChI=1S/C23H24FN3O3S/c1-29-18-6-4-17(5-7-18)22-25-20(15-31-22)23(28)27-11-9-26(10-12-27)14-16-3-8-21(30-2)19(24)13-16/h3-8,13,15H,9-12,14H2,1-2H3. The predicted octanol–water partition coefficient (Wildman–Crippen LogP) is 3.92.